The Morgan fingerprint density at radius 1 is 1.46 bits per heavy atom. The van der Waals surface area contributed by atoms with Crippen molar-refractivity contribution in [2.45, 2.75) is 31.3 Å². The van der Waals surface area contributed by atoms with Crippen molar-refractivity contribution in [1.29, 1.82) is 0 Å². The zero-order chi connectivity index (χ0) is 9.84. The number of hydrogen-bond donors (Lipinski definition) is 1. The molecule has 1 atom stereocenters. The van der Waals surface area contributed by atoms with Crippen molar-refractivity contribution in [2.75, 3.05) is 6.26 Å². The molecule has 0 radical (unpaired) electrons. The Morgan fingerprint density at radius 3 is 2.62 bits per heavy atom. The van der Waals surface area contributed by atoms with Crippen molar-refractivity contribution < 1.29 is 5.11 Å². The Hall–Kier alpha value is -0.470. The van der Waals surface area contributed by atoms with Crippen LogP contribution >= 0.6 is 11.8 Å². The molecule has 1 nitrogen and oxygen atoms in total. The summed E-state index contributed by atoms with van der Waals surface area (Å²) in [5.74, 6) is 0. The molecule has 0 fully saturated rings. The third-order valence-electron chi connectivity index (χ3n) is 2.16. The summed E-state index contributed by atoms with van der Waals surface area (Å²) in [7, 11) is 0. The van der Waals surface area contributed by atoms with E-state index in [1.807, 2.05) is 12.3 Å². The Morgan fingerprint density at radius 2 is 2.15 bits per heavy atom. The molecule has 0 amide bonds. The highest BCUT2D eigenvalue weighted by Gasteiger charge is 2.06. The fourth-order valence-corrected chi connectivity index (χ4v) is 2.06. The fourth-order valence-electron chi connectivity index (χ4n) is 1.32. The van der Waals surface area contributed by atoms with Crippen molar-refractivity contribution in [3.63, 3.8) is 0 Å². The SMILES string of the molecule is CCc1ccc(C(C)O)c(SC)c1. The molecule has 1 N–H and O–H groups in total. The predicted octanol–water partition coefficient (Wildman–Crippen LogP) is 3.02. The molecule has 1 unspecified atom stereocenters. The third kappa shape index (κ3) is 2.48. The maximum atomic E-state index is 9.49. The quantitative estimate of drug-likeness (QED) is 0.750. The molecular weight excluding hydrogens is 180 g/mol. The maximum absolute atomic E-state index is 9.49. The first-order valence-corrected chi connectivity index (χ1v) is 5.76. The maximum Gasteiger partial charge on any atom is 0.0772 e. The second kappa shape index (κ2) is 4.68. The van der Waals surface area contributed by atoms with Gasteiger partial charge in [0.1, 0.15) is 0 Å². The summed E-state index contributed by atoms with van der Waals surface area (Å²) in [5, 5.41) is 9.49. The number of aliphatic hydroxyl groups excluding tert-OH is 1. The second-order valence-corrected chi connectivity index (χ2v) is 3.95. The van der Waals surface area contributed by atoms with Crippen LogP contribution in [0.3, 0.4) is 0 Å². The van der Waals surface area contributed by atoms with E-state index < -0.39 is 0 Å². The van der Waals surface area contributed by atoms with Gasteiger partial charge >= 0.3 is 0 Å². The lowest BCUT2D eigenvalue weighted by Gasteiger charge is -2.11. The van der Waals surface area contributed by atoms with Crippen LogP contribution in [-0.2, 0) is 6.42 Å². The molecule has 0 aliphatic heterocycles. The molecule has 1 aromatic carbocycles. The Labute approximate surface area is 84.2 Å². The minimum absolute atomic E-state index is 0.367. The molecule has 1 rings (SSSR count). The van der Waals surface area contributed by atoms with Crippen LogP contribution in [0.15, 0.2) is 23.1 Å². The van der Waals surface area contributed by atoms with Crippen LogP contribution in [0.4, 0.5) is 0 Å². The van der Waals surface area contributed by atoms with Crippen molar-refractivity contribution >= 4 is 11.8 Å². The molecule has 0 aromatic heterocycles. The fraction of sp³-hybridized carbons (Fsp3) is 0.455. The molecule has 0 saturated heterocycles. The zero-order valence-electron chi connectivity index (χ0n) is 8.37. The Bertz CT molecular complexity index is 281. The third-order valence-corrected chi connectivity index (χ3v) is 2.95. The zero-order valence-corrected chi connectivity index (χ0v) is 9.19. The lowest BCUT2D eigenvalue weighted by Crippen LogP contribution is -1.95. The van der Waals surface area contributed by atoms with Gasteiger partial charge < -0.3 is 5.11 Å². The van der Waals surface area contributed by atoms with E-state index in [1.165, 1.54) is 10.5 Å². The molecule has 2 heteroatoms. The van der Waals surface area contributed by atoms with E-state index in [1.54, 1.807) is 18.7 Å². The number of aryl methyl sites for hydroxylation is 1. The summed E-state index contributed by atoms with van der Waals surface area (Å²) in [6.45, 7) is 3.95. The first-order valence-electron chi connectivity index (χ1n) is 4.54. The van der Waals surface area contributed by atoms with E-state index in [4.69, 9.17) is 0 Å². The van der Waals surface area contributed by atoms with Gasteiger partial charge in [0.05, 0.1) is 6.10 Å². The average molecular weight is 196 g/mol. The number of thioether (sulfide) groups is 1. The number of hydrogen-bond acceptors (Lipinski definition) is 2. The average Bonchev–Trinajstić information content (AvgIpc) is 2.16. The minimum Gasteiger partial charge on any atom is -0.389 e. The van der Waals surface area contributed by atoms with Crippen LogP contribution in [0, 0.1) is 0 Å². The van der Waals surface area contributed by atoms with Gasteiger partial charge in [-0.2, -0.15) is 0 Å². The van der Waals surface area contributed by atoms with Crippen molar-refractivity contribution in [3.05, 3.63) is 29.3 Å². The minimum atomic E-state index is -0.367. The largest absolute Gasteiger partial charge is 0.389 e. The van der Waals surface area contributed by atoms with Crippen LogP contribution in [0.5, 0.6) is 0 Å². The topological polar surface area (TPSA) is 20.2 Å². The van der Waals surface area contributed by atoms with Crippen molar-refractivity contribution in [3.8, 4) is 0 Å². The van der Waals surface area contributed by atoms with E-state index >= 15 is 0 Å². The van der Waals surface area contributed by atoms with Gasteiger partial charge in [-0.25, -0.2) is 0 Å². The molecule has 1 aromatic rings. The van der Waals surface area contributed by atoms with E-state index in [-0.39, 0.29) is 6.10 Å². The molecule has 13 heavy (non-hydrogen) atoms. The van der Waals surface area contributed by atoms with Crippen LogP contribution in [-0.4, -0.2) is 11.4 Å². The normalized spacial score (nSPS) is 12.9. The molecule has 0 saturated carbocycles. The highest BCUT2D eigenvalue weighted by molar-refractivity contribution is 7.98. The molecule has 0 spiro atoms. The van der Waals surface area contributed by atoms with Gasteiger partial charge in [-0.3, -0.25) is 0 Å². The van der Waals surface area contributed by atoms with Gasteiger partial charge in [0.15, 0.2) is 0 Å². The molecule has 0 aliphatic rings. The molecule has 72 valence electrons. The Balaban J connectivity index is 3.08. The van der Waals surface area contributed by atoms with E-state index in [0.29, 0.717) is 0 Å². The predicted molar refractivity (Wildman–Crippen MR) is 58.2 cm³/mol. The van der Waals surface area contributed by atoms with E-state index in [2.05, 4.69) is 19.1 Å². The van der Waals surface area contributed by atoms with Gasteiger partial charge in [-0.1, -0.05) is 19.1 Å². The first kappa shape index (κ1) is 10.6. The van der Waals surface area contributed by atoms with Crippen LogP contribution in [0.1, 0.15) is 31.1 Å². The summed E-state index contributed by atoms with van der Waals surface area (Å²) in [5.41, 5.74) is 2.36. The summed E-state index contributed by atoms with van der Waals surface area (Å²) in [4.78, 5) is 1.19. The van der Waals surface area contributed by atoms with Crippen LogP contribution < -0.4 is 0 Å². The standard InChI is InChI=1S/C11H16OS/c1-4-9-5-6-10(8(2)12)11(7-9)13-3/h5-8,12H,4H2,1-3H3. The summed E-state index contributed by atoms with van der Waals surface area (Å²) in [6, 6.07) is 6.27. The van der Waals surface area contributed by atoms with Crippen molar-refractivity contribution in [2.24, 2.45) is 0 Å². The summed E-state index contributed by atoms with van der Waals surface area (Å²) < 4.78 is 0. The van der Waals surface area contributed by atoms with E-state index in [0.717, 1.165) is 12.0 Å². The first-order chi connectivity index (χ1) is 6.19. The molecular formula is C11H16OS. The second-order valence-electron chi connectivity index (χ2n) is 3.11. The highest BCUT2D eigenvalue weighted by atomic mass is 32.2. The molecule has 0 heterocycles. The van der Waals surface area contributed by atoms with Gasteiger partial charge in [-0.15, -0.1) is 11.8 Å². The van der Waals surface area contributed by atoms with Gasteiger partial charge in [0.2, 0.25) is 0 Å². The van der Waals surface area contributed by atoms with Gasteiger partial charge in [0, 0.05) is 4.90 Å². The summed E-state index contributed by atoms with van der Waals surface area (Å²) >= 11 is 1.69. The van der Waals surface area contributed by atoms with Gasteiger partial charge in [-0.05, 0) is 36.8 Å². The van der Waals surface area contributed by atoms with Crippen LogP contribution in [0.2, 0.25) is 0 Å². The number of rotatable bonds is 3. The highest BCUT2D eigenvalue weighted by Crippen LogP contribution is 2.26. The monoisotopic (exact) mass is 196 g/mol. The van der Waals surface area contributed by atoms with Crippen molar-refractivity contribution in [1.82, 2.24) is 0 Å². The van der Waals surface area contributed by atoms with E-state index in [9.17, 15) is 5.11 Å². The number of benzene rings is 1. The smallest absolute Gasteiger partial charge is 0.0772 e. The van der Waals surface area contributed by atoms with Crippen LogP contribution in [0.25, 0.3) is 0 Å². The molecule has 0 aliphatic carbocycles. The lowest BCUT2D eigenvalue weighted by molar-refractivity contribution is 0.196. The number of aliphatic hydroxyl groups is 1. The lowest BCUT2D eigenvalue weighted by atomic mass is 10.1. The molecule has 0 bridgehead atoms. The summed E-state index contributed by atoms with van der Waals surface area (Å²) in [6.07, 6.45) is 2.72. The van der Waals surface area contributed by atoms with Gasteiger partial charge in [0.25, 0.3) is 0 Å². The Kier molecular flexibility index (Phi) is 3.82.